The third-order valence-electron chi connectivity index (χ3n) is 6.37. The summed E-state index contributed by atoms with van der Waals surface area (Å²) >= 11 is 0. The van der Waals surface area contributed by atoms with E-state index in [1.165, 1.54) is 38.5 Å². The van der Waals surface area contributed by atoms with E-state index in [-0.39, 0.29) is 0 Å². The molecule has 3 rings (SSSR count). The summed E-state index contributed by atoms with van der Waals surface area (Å²) in [4.78, 5) is 0. The smallest absolute Gasteiger partial charge is 0.0700 e. The summed E-state index contributed by atoms with van der Waals surface area (Å²) in [5.74, 6) is 1.73. The molecule has 2 aliphatic rings. The SMILES string of the molecule is COCCOCCC1(C)CC2CC(C)CC(c3ccccc3)(C2)C1. The van der Waals surface area contributed by atoms with Crippen LogP contribution in [0.15, 0.2) is 30.3 Å². The molecule has 2 aliphatic carbocycles. The topological polar surface area (TPSA) is 18.5 Å². The van der Waals surface area contributed by atoms with Crippen molar-refractivity contribution < 1.29 is 9.47 Å². The standard InChI is InChI=1S/C22H34O2/c1-18-13-19-15-21(2,9-10-24-12-11-23-3)17-22(14-18,16-19)20-7-5-4-6-8-20/h4-8,18-19H,9-17H2,1-3H3. The molecule has 0 aromatic heterocycles. The molecule has 1 aromatic rings. The predicted molar refractivity (Wildman–Crippen MR) is 99.3 cm³/mol. The Bertz CT molecular complexity index is 510. The first kappa shape index (κ1) is 17.9. The minimum Gasteiger partial charge on any atom is -0.382 e. The Morgan fingerprint density at radius 1 is 1.04 bits per heavy atom. The molecule has 2 bridgehead atoms. The van der Waals surface area contributed by atoms with Gasteiger partial charge in [-0.3, -0.25) is 0 Å². The number of rotatable bonds is 7. The zero-order valence-electron chi connectivity index (χ0n) is 15.7. The van der Waals surface area contributed by atoms with Gasteiger partial charge in [-0.15, -0.1) is 0 Å². The molecule has 2 saturated carbocycles. The first-order chi connectivity index (χ1) is 11.6. The Balaban J connectivity index is 1.73. The van der Waals surface area contributed by atoms with E-state index in [9.17, 15) is 0 Å². The van der Waals surface area contributed by atoms with Crippen molar-refractivity contribution in [3.05, 3.63) is 35.9 Å². The van der Waals surface area contributed by atoms with Gasteiger partial charge in [0.25, 0.3) is 0 Å². The van der Waals surface area contributed by atoms with Gasteiger partial charge in [-0.1, -0.05) is 44.2 Å². The minimum absolute atomic E-state index is 0.392. The Morgan fingerprint density at radius 2 is 1.83 bits per heavy atom. The van der Waals surface area contributed by atoms with Gasteiger partial charge >= 0.3 is 0 Å². The second kappa shape index (κ2) is 7.58. The first-order valence-electron chi connectivity index (χ1n) is 9.67. The Hall–Kier alpha value is -0.860. The lowest BCUT2D eigenvalue weighted by atomic mass is 9.50. The van der Waals surface area contributed by atoms with Crippen LogP contribution in [-0.2, 0) is 14.9 Å². The van der Waals surface area contributed by atoms with Crippen molar-refractivity contribution in [1.29, 1.82) is 0 Å². The van der Waals surface area contributed by atoms with Crippen LogP contribution in [0.25, 0.3) is 0 Å². The normalized spacial score (nSPS) is 35.8. The van der Waals surface area contributed by atoms with E-state index < -0.39 is 0 Å². The second-order valence-electron chi connectivity index (χ2n) is 8.81. The fourth-order valence-corrected chi connectivity index (χ4v) is 5.81. The monoisotopic (exact) mass is 330 g/mol. The Morgan fingerprint density at radius 3 is 2.58 bits per heavy atom. The Kier molecular flexibility index (Phi) is 5.66. The minimum atomic E-state index is 0.392. The molecule has 2 heteroatoms. The maximum Gasteiger partial charge on any atom is 0.0700 e. The number of hydrogen-bond donors (Lipinski definition) is 0. The number of hydrogen-bond acceptors (Lipinski definition) is 2. The first-order valence-corrected chi connectivity index (χ1v) is 9.67. The highest BCUT2D eigenvalue weighted by Crippen LogP contribution is 2.58. The molecule has 24 heavy (non-hydrogen) atoms. The molecule has 0 heterocycles. The molecular formula is C22H34O2. The quantitative estimate of drug-likeness (QED) is 0.639. The summed E-state index contributed by atoms with van der Waals surface area (Å²) in [6.07, 6.45) is 8.03. The summed E-state index contributed by atoms with van der Waals surface area (Å²) in [6.45, 7) is 7.25. The van der Waals surface area contributed by atoms with Crippen molar-refractivity contribution in [1.82, 2.24) is 0 Å². The number of ether oxygens (including phenoxy) is 2. The molecule has 0 N–H and O–H groups in total. The van der Waals surface area contributed by atoms with Crippen LogP contribution in [0.5, 0.6) is 0 Å². The van der Waals surface area contributed by atoms with Gasteiger partial charge in [-0.2, -0.15) is 0 Å². The van der Waals surface area contributed by atoms with Gasteiger partial charge < -0.3 is 9.47 Å². The van der Waals surface area contributed by atoms with Crippen LogP contribution in [0.3, 0.4) is 0 Å². The largest absolute Gasteiger partial charge is 0.382 e. The highest BCUT2D eigenvalue weighted by Gasteiger charge is 2.50. The van der Waals surface area contributed by atoms with E-state index in [0.29, 0.717) is 17.4 Å². The molecule has 4 atom stereocenters. The zero-order chi connectivity index (χ0) is 17.0. The summed E-state index contributed by atoms with van der Waals surface area (Å²) in [7, 11) is 1.73. The molecule has 0 radical (unpaired) electrons. The fraction of sp³-hybridized carbons (Fsp3) is 0.727. The summed E-state index contributed by atoms with van der Waals surface area (Å²) in [5, 5.41) is 0. The lowest BCUT2D eigenvalue weighted by molar-refractivity contribution is -0.00841. The lowest BCUT2D eigenvalue weighted by Crippen LogP contribution is -2.47. The molecule has 2 fully saturated rings. The molecule has 0 aliphatic heterocycles. The van der Waals surface area contributed by atoms with Crippen LogP contribution in [0, 0.1) is 17.3 Å². The van der Waals surface area contributed by atoms with Crippen molar-refractivity contribution in [2.24, 2.45) is 17.3 Å². The fourth-order valence-electron chi connectivity index (χ4n) is 5.81. The molecular weight excluding hydrogens is 296 g/mol. The van der Waals surface area contributed by atoms with Crippen LogP contribution in [0.4, 0.5) is 0 Å². The number of benzene rings is 1. The summed E-state index contributed by atoms with van der Waals surface area (Å²) in [6, 6.07) is 11.3. The van der Waals surface area contributed by atoms with Crippen LogP contribution in [0.1, 0.15) is 57.9 Å². The van der Waals surface area contributed by atoms with Gasteiger partial charge in [0, 0.05) is 13.7 Å². The maximum atomic E-state index is 5.80. The molecule has 2 nitrogen and oxygen atoms in total. The van der Waals surface area contributed by atoms with Gasteiger partial charge in [0.05, 0.1) is 13.2 Å². The highest BCUT2D eigenvalue weighted by molar-refractivity contribution is 5.28. The van der Waals surface area contributed by atoms with Crippen molar-refractivity contribution in [3.63, 3.8) is 0 Å². The maximum absolute atomic E-state index is 5.80. The van der Waals surface area contributed by atoms with E-state index in [1.807, 2.05) is 0 Å². The average molecular weight is 331 g/mol. The van der Waals surface area contributed by atoms with Crippen molar-refractivity contribution >= 4 is 0 Å². The van der Waals surface area contributed by atoms with Gasteiger partial charge in [0.1, 0.15) is 0 Å². The molecule has 4 unspecified atom stereocenters. The number of fused-ring (bicyclic) bond motifs is 2. The van der Waals surface area contributed by atoms with Gasteiger partial charge in [-0.25, -0.2) is 0 Å². The molecule has 0 amide bonds. The van der Waals surface area contributed by atoms with Gasteiger partial charge in [0.15, 0.2) is 0 Å². The third kappa shape index (κ3) is 4.03. The molecule has 134 valence electrons. The predicted octanol–water partition coefficient (Wildman–Crippen LogP) is 5.21. The van der Waals surface area contributed by atoms with Gasteiger partial charge in [-0.05, 0) is 66.8 Å². The lowest BCUT2D eigenvalue weighted by Gasteiger charge is -2.55. The summed E-state index contributed by atoms with van der Waals surface area (Å²) in [5.41, 5.74) is 2.38. The van der Waals surface area contributed by atoms with E-state index in [0.717, 1.165) is 25.0 Å². The Labute approximate surface area is 147 Å². The van der Waals surface area contributed by atoms with Crippen molar-refractivity contribution in [3.8, 4) is 0 Å². The second-order valence-corrected chi connectivity index (χ2v) is 8.81. The van der Waals surface area contributed by atoms with Crippen LogP contribution in [0.2, 0.25) is 0 Å². The molecule has 1 aromatic carbocycles. The molecule has 0 saturated heterocycles. The molecule has 0 spiro atoms. The van der Waals surface area contributed by atoms with E-state index in [4.69, 9.17) is 9.47 Å². The van der Waals surface area contributed by atoms with Crippen LogP contribution < -0.4 is 0 Å². The van der Waals surface area contributed by atoms with Crippen LogP contribution in [-0.4, -0.2) is 26.9 Å². The van der Waals surface area contributed by atoms with Crippen LogP contribution >= 0.6 is 0 Å². The van der Waals surface area contributed by atoms with Crippen molar-refractivity contribution in [2.45, 2.75) is 57.8 Å². The van der Waals surface area contributed by atoms with E-state index in [2.05, 4.69) is 44.2 Å². The highest BCUT2D eigenvalue weighted by atomic mass is 16.5. The number of methoxy groups -OCH3 is 1. The van der Waals surface area contributed by atoms with E-state index in [1.54, 1.807) is 12.7 Å². The summed E-state index contributed by atoms with van der Waals surface area (Å²) < 4.78 is 10.9. The van der Waals surface area contributed by atoms with Crippen molar-refractivity contribution in [2.75, 3.05) is 26.9 Å². The zero-order valence-corrected chi connectivity index (χ0v) is 15.7. The third-order valence-corrected chi connectivity index (χ3v) is 6.37. The van der Waals surface area contributed by atoms with Gasteiger partial charge in [0.2, 0.25) is 0 Å². The average Bonchev–Trinajstić information content (AvgIpc) is 2.54. The van der Waals surface area contributed by atoms with E-state index >= 15 is 0 Å².